The number of nitrogens with zero attached hydrogens (tertiary/aromatic N) is 2. The molecule has 0 aliphatic carbocycles. The van der Waals surface area contributed by atoms with Gasteiger partial charge in [0.05, 0.1) is 5.69 Å². The Morgan fingerprint density at radius 3 is 2.08 bits per heavy atom. The summed E-state index contributed by atoms with van der Waals surface area (Å²) in [5.41, 5.74) is 9.45. The Balaban J connectivity index is 1.16. The zero-order valence-corrected chi connectivity index (χ0v) is 26.4. The van der Waals surface area contributed by atoms with Gasteiger partial charge in [-0.2, -0.15) is 0 Å². The van der Waals surface area contributed by atoms with Crippen LogP contribution in [0.2, 0.25) is 0 Å². The molecular weight excluding hydrogens is 601 g/mol. The molecule has 0 atom stereocenters. The van der Waals surface area contributed by atoms with E-state index in [9.17, 15) is 0 Å². The molecule has 4 heteroatoms. The summed E-state index contributed by atoms with van der Waals surface area (Å²) >= 11 is 0. The smallest absolute Gasteiger partial charge is 0.228 e. The summed E-state index contributed by atoms with van der Waals surface area (Å²) in [6, 6.07) is 59.2. The van der Waals surface area contributed by atoms with Crippen LogP contribution in [0.1, 0.15) is 0 Å². The molecule has 230 valence electrons. The highest BCUT2D eigenvalue weighted by Crippen LogP contribution is 2.45. The van der Waals surface area contributed by atoms with Crippen LogP contribution in [-0.2, 0) is 0 Å². The van der Waals surface area contributed by atoms with Crippen molar-refractivity contribution in [3.63, 3.8) is 0 Å². The van der Waals surface area contributed by atoms with E-state index in [1.165, 1.54) is 16.3 Å². The van der Waals surface area contributed by atoms with Gasteiger partial charge in [-0.15, -0.1) is 0 Å². The second kappa shape index (κ2) is 11.0. The largest absolute Gasteiger partial charge is 0.454 e. The van der Waals surface area contributed by atoms with Crippen molar-refractivity contribution in [3.8, 4) is 22.6 Å². The summed E-state index contributed by atoms with van der Waals surface area (Å²) in [6.07, 6.45) is 0. The SMILES string of the molecule is c1ccc(N(c2cccc(-c3ccc4ccccc4c3)c2)c2cccc3c2oc2cccc(-c4nc5c(ccc6ccccc65)o4)c23)cc1. The standard InChI is InChI=1S/C45H28N2O2/c1-2-15-34(16-3-1)47(35-17-8-14-32(28-35)33-24-23-29-11-4-5-13-31(29)27-33)39-21-9-19-37-42-38(20-10-22-40(42)48-44(37)39)45-46-43-36-18-7-6-12-30(36)25-26-41(43)49-45/h1-28H. The van der Waals surface area contributed by atoms with Crippen molar-refractivity contribution in [2.24, 2.45) is 0 Å². The molecule has 0 spiro atoms. The van der Waals surface area contributed by atoms with E-state index < -0.39 is 0 Å². The molecule has 49 heavy (non-hydrogen) atoms. The summed E-state index contributed by atoms with van der Waals surface area (Å²) in [5, 5.41) is 6.65. The molecule has 2 aromatic heterocycles. The highest BCUT2D eigenvalue weighted by Gasteiger charge is 2.22. The Morgan fingerprint density at radius 2 is 1.16 bits per heavy atom. The predicted octanol–water partition coefficient (Wildman–Crippen LogP) is 12.8. The average molecular weight is 629 g/mol. The number of hydrogen-bond donors (Lipinski definition) is 0. The molecule has 0 saturated heterocycles. The van der Waals surface area contributed by atoms with E-state index in [-0.39, 0.29) is 0 Å². The molecule has 0 bridgehead atoms. The van der Waals surface area contributed by atoms with Gasteiger partial charge in [-0.1, -0.05) is 115 Å². The van der Waals surface area contributed by atoms with Crippen LogP contribution in [-0.4, -0.2) is 4.98 Å². The Morgan fingerprint density at radius 1 is 0.449 bits per heavy atom. The summed E-state index contributed by atoms with van der Waals surface area (Å²) in [4.78, 5) is 7.32. The lowest BCUT2D eigenvalue weighted by atomic mass is 10.0. The van der Waals surface area contributed by atoms with Crippen molar-refractivity contribution in [1.82, 2.24) is 4.98 Å². The summed E-state index contributed by atoms with van der Waals surface area (Å²) < 4.78 is 13.2. The van der Waals surface area contributed by atoms with Crippen molar-refractivity contribution in [2.75, 3.05) is 4.90 Å². The predicted molar refractivity (Wildman–Crippen MR) is 202 cm³/mol. The second-order valence-corrected chi connectivity index (χ2v) is 12.4. The Hall–Kier alpha value is -6.65. The van der Waals surface area contributed by atoms with E-state index in [2.05, 4.69) is 138 Å². The zero-order chi connectivity index (χ0) is 32.3. The summed E-state index contributed by atoms with van der Waals surface area (Å²) in [7, 11) is 0. The number of anilines is 3. The fraction of sp³-hybridized carbons (Fsp3) is 0. The van der Waals surface area contributed by atoms with Gasteiger partial charge < -0.3 is 13.7 Å². The lowest BCUT2D eigenvalue weighted by Crippen LogP contribution is -2.10. The highest BCUT2D eigenvalue weighted by atomic mass is 16.3. The van der Waals surface area contributed by atoms with Gasteiger partial charge >= 0.3 is 0 Å². The van der Waals surface area contributed by atoms with E-state index in [1.54, 1.807) is 0 Å². The number of hydrogen-bond acceptors (Lipinski definition) is 4. The van der Waals surface area contributed by atoms with Gasteiger partial charge in [0.2, 0.25) is 5.89 Å². The van der Waals surface area contributed by atoms with Gasteiger partial charge in [0.1, 0.15) is 11.1 Å². The minimum atomic E-state index is 0.577. The molecule has 0 N–H and O–H groups in total. The molecule has 0 amide bonds. The molecule has 0 fully saturated rings. The third kappa shape index (κ3) is 4.49. The second-order valence-electron chi connectivity index (χ2n) is 12.4. The van der Waals surface area contributed by atoms with Gasteiger partial charge in [-0.3, -0.25) is 0 Å². The first kappa shape index (κ1) is 27.5. The van der Waals surface area contributed by atoms with E-state index in [0.717, 1.165) is 72.0 Å². The van der Waals surface area contributed by atoms with Gasteiger partial charge in [0.15, 0.2) is 11.2 Å². The molecule has 0 aliphatic rings. The van der Waals surface area contributed by atoms with E-state index in [4.69, 9.17) is 13.8 Å². The number of para-hydroxylation sites is 2. The third-order valence-electron chi connectivity index (χ3n) is 9.46. The van der Waals surface area contributed by atoms with Crippen LogP contribution in [0.25, 0.3) is 77.2 Å². The average Bonchev–Trinajstić information content (AvgIpc) is 3.78. The quantitative estimate of drug-likeness (QED) is 0.190. The first-order chi connectivity index (χ1) is 24.3. The molecule has 0 aliphatic heterocycles. The van der Waals surface area contributed by atoms with E-state index in [1.807, 2.05) is 36.4 Å². The van der Waals surface area contributed by atoms with Gasteiger partial charge in [0, 0.05) is 33.1 Å². The first-order valence-corrected chi connectivity index (χ1v) is 16.5. The number of aromatic nitrogens is 1. The van der Waals surface area contributed by atoms with Crippen LogP contribution < -0.4 is 4.90 Å². The fourth-order valence-corrected chi connectivity index (χ4v) is 7.16. The van der Waals surface area contributed by atoms with E-state index >= 15 is 0 Å². The Kier molecular flexibility index (Phi) is 6.15. The normalized spacial score (nSPS) is 11.7. The van der Waals surface area contributed by atoms with Crippen LogP contribution in [0.3, 0.4) is 0 Å². The summed E-state index contributed by atoms with van der Waals surface area (Å²) in [6.45, 7) is 0. The minimum Gasteiger partial charge on any atom is -0.454 e. The van der Waals surface area contributed by atoms with Crippen molar-refractivity contribution in [2.45, 2.75) is 0 Å². The van der Waals surface area contributed by atoms with Crippen molar-refractivity contribution in [1.29, 1.82) is 0 Å². The number of rotatable bonds is 5. The maximum absolute atomic E-state index is 6.77. The van der Waals surface area contributed by atoms with Crippen molar-refractivity contribution in [3.05, 3.63) is 170 Å². The maximum atomic E-state index is 6.77. The zero-order valence-electron chi connectivity index (χ0n) is 26.4. The Labute approximate surface area is 282 Å². The molecule has 2 heterocycles. The number of oxazole rings is 1. The molecule has 10 aromatic rings. The number of furan rings is 1. The molecule has 0 unspecified atom stereocenters. The minimum absolute atomic E-state index is 0.577. The van der Waals surface area contributed by atoms with Crippen molar-refractivity contribution < 1.29 is 8.83 Å². The topological polar surface area (TPSA) is 42.4 Å². The molecule has 8 aromatic carbocycles. The number of fused-ring (bicyclic) bond motifs is 7. The molecular formula is C45H28N2O2. The molecule has 0 saturated carbocycles. The summed E-state index contributed by atoms with van der Waals surface area (Å²) in [5.74, 6) is 0.577. The molecule has 0 radical (unpaired) electrons. The lowest BCUT2D eigenvalue weighted by Gasteiger charge is -2.26. The Bertz CT molecular complexity index is 2850. The highest BCUT2D eigenvalue weighted by molar-refractivity contribution is 6.16. The monoisotopic (exact) mass is 628 g/mol. The van der Waals surface area contributed by atoms with Crippen LogP contribution in [0, 0.1) is 0 Å². The van der Waals surface area contributed by atoms with Crippen LogP contribution in [0.5, 0.6) is 0 Å². The van der Waals surface area contributed by atoms with Gasteiger partial charge in [-0.25, -0.2) is 4.98 Å². The number of benzene rings is 8. The van der Waals surface area contributed by atoms with Crippen LogP contribution in [0.15, 0.2) is 179 Å². The van der Waals surface area contributed by atoms with Gasteiger partial charge in [0.25, 0.3) is 0 Å². The van der Waals surface area contributed by atoms with E-state index in [0.29, 0.717) is 5.89 Å². The first-order valence-electron chi connectivity index (χ1n) is 16.5. The van der Waals surface area contributed by atoms with Gasteiger partial charge in [-0.05, 0) is 81.9 Å². The van der Waals surface area contributed by atoms with Crippen LogP contribution >= 0.6 is 0 Å². The maximum Gasteiger partial charge on any atom is 0.228 e. The molecule has 10 rings (SSSR count). The van der Waals surface area contributed by atoms with Crippen LogP contribution in [0.4, 0.5) is 17.1 Å². The molecule has 4 nitrogen and oxygen atoms in total. The fourth-order valence-electron chi connectivity index (χ4n) is 7.16. The lowest BCUT2D eigenvalue weighted by molar-refractivity contribution is 0.620. The third-order valence-corrected chi connectivity index (χ3v) is 9.46. The van der Waals surface area contributed by atoms with Crippen molar-refractivity contribution >= 4 is 71.6 Å².